The van der Waals surface area contributed by atoms with Crippen molar-refractivity contribution in [3.05, 3.63) is 0 Å². The van der Waals surface area contributed by atoms with Gasteiger partial charge in [0.15, 0.2) is 0 Å². The third-order valence-corrected chi connectivity index (χ3v) is 1.94. The summed E-state index contributed by atoms with van der Waals surface area (Å²) in [5, 5.41) is 6.03. The molecule has 0 saturated heterocycles. The van der Waals surface area contributed by atoms with Crippen molar-refractivity contribution in [3.63, 3.8) is 0 Å². The van der Waals surface area contributed by atoms with Gasteiger partial charge >= 0.3 is 6.03 Å². The van der Waals surface area contributed by atoms with Crippen molar-refractivity contribution in [1.29, 1.82) is 0 Å². The van der Waals surface area contributed by atoms with Crippen LogP contribution in [0.25, 0.3) is 0 Å². The smallest absolute Gasteiger partial charge is 0.316 e. The molecule has 0 aliphatic rings. The molecule has 2 amide bonds. The first-order valence-electron chi connectivity index (χ1n) is 5.33. The Labute approximate surface area is 92.2 Å². The van der Waals surface area contributed by atoms with E-state index in [2.05, 4.69) is 10.6 Å². The number of nitrogens with zero attached hydrogens (tertiary/aromatic N) is 1. The molecule has 0 bridgehead atoms. The number of nitrogens with one attached hydrogen (secondary N) is 2. The van der Waals surface area contributed by atoms with Gasteiger partial charge in [-0.15, -0.1) is 0 Å². The summed E-state index contributed by atoms with van der Waals surface area (Å²) in [6, 6.07) is -0.0452. The Morgan fingerprint density at radius 3 is 2.53 bits per heavy atom. The number of carbonyl (C=O) groups excluding carboxylic acids is 1. The standard InChI is InChI=1S/C10H23N3O2/c1-13(2)10(14)12-8-7-11-6-4-5-9-15-3/h11H,4-9H2,1-3H3,(H,12,14). The number of urea groups is 1. The zero-order valence-corrected chi connectivity index (χ0v) is 10.0. The number of methoxy groups -OCH3 is 1. The van der Waals surface area contributed by atoms with Crippen molar-refractivity contribution in [2.45, 2.75) is 12.8 Å². The van der Waals surface area contributed by atoms with E-state index in [1.54, 1.807) is 21.2 Å². The first-order chi connectivity index (χ1) is 7.18. The van der Waals surface area contributed by atoms with Crippen LogP contribution in [0.3, 0.4) is 0 Å². The van der Waals surface area contributed by atoms with Gasteiger partial charge in [0.1, 0.15) is 0 Å². The molecular weight excluding hydrogens is 194 g/mol. The van der Waals surface area contributed by atoms with Gasteiger partial charge in [-0.25, -0.2) is 4.79 Å². The topological polar surface area (TPSA) is 53.6 Å². The summed E-state index contributed by atoms with van der Waals surface area (Å²) >= 11 is 0. The maximum Gasteiger partial charge on any atom is 0.316 e. The van der Waals surface area contributed by atoms with E-state index in [1.165, 1.54) is 4.90 Å². The van der Waals surface area contributed by atoms with Crippen molar-refractivity contribution in [2.24, 2.45) is 0 Å². The molecule has 0 rings (SSSR count). The Hall–Kier alpha value is -0.810. The van der Waals surface area contributed by atoms with Gasteiger partial charge in [0.25, 0.3) is 0 Å². The van der Waals surface area contributed by atoms with Gasteiger partial charge < -0.3 is 20.3 Å². The van der Waals surface area contributed by atoms with Gasteiger partial charge in [-0.3, -0.25) is 0 Å². The van der Waals surface area contributed by atoms with Crippen molar-refractivity contribution in [2.75, 3.05) is 47.4 Å². The molecule has 0 radical (unpaired) electrons. The molecule has 5 heteroatoms. The Balaban J connectivity index is 3.08. The summed E-state index contributed by atoms with van der Waals surface area (Å²) in [5.74, 6) is 0. The number of hydrogen-bond donors (Lipinski definition) is 2. The Bertz CT molecular complexity index is 163. The van der Waals surface area contributed by atoms with E-state index in [4.69, 9.17) is 4.74 Å². The molecule has 0 heterocycles. The fraction of sp³-hybridized carbons (Fsp3) is 0.900. The van der Waals surface area contributed by atoms with Crippen LogP contribution in [0, 0.1) is 0 Å². The third-order valence-electron chi connectivity index (χ3n) is 1.94. The molecule has 0 aromatic rings. The van der Waals surface area contributed by atoms with E-state index in [0.29, 0.717) is 6.54 Å². The van der Waals surface area contributed by atoms with Crippen LogP contribution in [-0.2, 0) is 4.74 Å². The van der Waals surface area contributed by atoms with Gasteiger partial charge in [-0.1, -0.05) is 0 Å². The van der Waals surface area contributed by atoms with Crippen molar-refractivity contribution >= 4 is 6.03 Å². The quantitative estimate of drug-likeness (QED) is 0.574. The minimum atomic E-state index is -0.0452. The average Bonchev–Trinajstić information content (AvgIpc) is 2.21. The van der Waals surface area contributed by atoms with Crippen LogP contribution in [-0.4, -0.2) is 58.4 Å². The number of unbranched alkanes of at least 4 members (excludes halogenated alkanes) is 1. The third kappa shape index (κ3) is 9.49. The summed E-state index contributed by atoms with van der Waals surface area (Å²) in [7, 11) is 5.17. The average molecular weight is 217 g/mol. The maximum absolute atomic E-state index is 11.1. The summed E-state index contributed by atoms with van der Waals surface area (Å²) in [6.45, 7) is 3.27. The molecule has 15 heavy (non-hydrogen) atoms. The molecular formula is C10H23N3O2. The number of ether oxygens (including phenoxy) is 1. The minimum absolute atomic E-state index is 0.0452. The van der Waals surface area contributed by atoms with Gasteiger partial charge in [0.2, 0.25) is 0 Å². The number of amides is 2. The predicted octanol–water partition coefficient (Wildman–Crippen LogP) is 0.274. The van der Waals surface area contributed by atoms with E-state index in [9.17, 15) is 4.79 Å². The summed E-state index contributed by atoms with van der Waals surface area (Å²) in [6.07, 6.45) is 2.18. The van der Waals surface area contributed by atoms with Crippen LogP contribution in [0.2, 0.25) is 0 Å². The van der Waals surface area contributed by atoms with Crippen LogP contribution in [0.15, 0.2) is 0 Å². The lowest BCUT2D eigenvalue weighted by Crippen LogP contribution is -2.38. The van der Waals surface area contributed by atoms with Gasteiger partial charge in [-0.2, -0.15) is 0 Å². The largest absolute Gasteiger partial charge is 0.385 e. The van der Waals surface area contributed by atoms with Crippen molar-refractivity contribution in [3.8, 4) is 0 Å². The Morgan fingerprint density at radius 1 is 1.20 bits per heavy atom. The fourth-order valence-corrected chi connectivity index (χ4v) is 1.04. The molecule has 2 N–H and O–H groups in total. The second-order valence-electron chi connectivity index (χ2n) is 3.58. The zero-order chi connectivity index (χ0) is 11.5. The van der Waals surface area contributed by atoms with Crippen LogP contribution in [0.4, 0.5) is 4.79 Å². The van der Waals surface area contributed by atoms with Crippen LogP contribution >= 0.6 is 0 Å². The molecule has 0 atom stereocenters. The SMILES string of the molecule is COCCCCNCCNC(=O)N(C)C. The molecule has 5 nitrogen and oxygen atoms in total. The van der Waals surface area contributed by atoms with Gasteiger partial charge in [0, 0.05) is 40.9 Å². The van der Waals surface area contributed by atoms with Crippen LogP contribution < -0.4 is 10.6 Å². The molecule has 0 spiro atoms. The summed E-state index contributed by atoms with van der Waals surface area (Å²) in [4.78, 5) is 12.6. The second-order valence-corrected chi connectivity index (χ2v) is 3.58. The molecule has 0 aromatic heterocycles. The predicted molar refractivity (Wildman–Crippen MR) is 61.1 cm³/mol. The molecule has 0 fully saturated rings. The monoisotopic (exact) mass is 217 g/mol. The molecule has 90 valence electrons. The summed E-state index contributed by atoms with van der Waals surface area (Å²) < 4.78 is 4.94. The van der Waals surface area contributed by atoms with Gasteiger partial charge in [-0.05, 0) is 19.4 Å². The first-order valence-corrected chi connectivity index (χ1v) is 5.33. The molecule has 0 saturated carbocycles. The highest BCUT2D eigenvalue weighted by molar-refractivity contribution is 5.73. The highest BCUT2D eigenvalue weighted by Crippen LogP contribution is 1.85. The number of carbonyl (C=O) groups is 1. The van der Waals surface area contributed by atoms with Crippen molar-refractivity contribution < 1.29 is 9.53 Å². The summed E-state index contributed by atoms with van der Waals surface area (Å²) in [5.41, 5.74) is 0. The van der Waals surface area contributed by atoms with Crippen molar-refractivity contribution in [1.82, 2.24) is 15.5 Å². The van der Waals surface area contributed by atoms with E-state index in [-0.39, 0.29) is 6.03 Å². The fourth-order valence-electron chi connectivity index (χ4n) is 1.04. The first kappa shape index (κ1) is 14.2. The Kier molecular flexibility index (Phi) is 9.21. The van der Waals surface area contributed by atoms with Gasteiger partial charge in [0.05, 0.1) is 0 Å². The highest BCUT2D eigenvalue weighted by Gasteiger charge is 1.99. The number of hydrogen-bond acceptors (Lipinski definition) is 3. The minimum Gasteiger partial charge on any atom is -0.385 e. The Morgan fingerprint density at radius 2 is 1.93 bits per heavy atom. The zero-order valence-electron chi connectivity index (χ0n) is 10.0. The lowest BCUT2D eigenvalue weighted by atomic mass is 10.3. The number of rotatable bonds is 8. The van der Waals surface area contributed by atoms with E-state index in [0.717, 1.165) is 32.5 Å². The van der Waals surface area contributed by atoms with Crippen LogP contribution in [0.1, 0.15) is 12.8 Å². The normalized spacial score (nSPS) is 10.1. The van der Waals surface area contributed by atoms with Crippen LogP contribution in [0.5, 0.6) is 0 Å². The molecule has 0 unspecified atom stereocenters. The molecule has 0 aliphatic carbocycles. The van der Waals surface area contributed by atoms with E-state index >= 15 is 0 Å². The molecule has 0 aromatic carbocycles. The maximum atomic E-state index is 11.1. The second kappa shape index (κ2) is 9.73. The highest BCUT2D eigenvalue weighted by atomic mass is 16.5. The van der Waals surface area contributed by atoms with E-state index in [1.807, 2.05) is 0 Å². The lowest BCUT2D eigenvalue weighted by Gasteiger charge is -2.12. The van der Waals surface area contributed by atoms with E-state index < -0.39 is 0 Å². The lowest BCUT2D eigenvalue weighted by molar-refractivity contribution is 0.192. The molecule has 0 aliphatic heterocycles.